The third-order valence-electron chi connectivity index (χ3n) is 4.15. The summed E-state index contributed by atoms with van der Waals surface area (Å²) >= 11 is 0. The van der Waals surface area contributed by atoms with Crippen molar-refractivity contribution < 1.29 is 4.79 Å². The number of nitrogens with one attached hydrogen (secondary N) is 1. The predicted octanol–water partition coefficient (Wildman–Crippen LogP) is 3.98. The van der Waals surface area contributed by atoms with Crippen LogP contribution in [0, 0.1) is 13.8 Å². The molecular formula is C20H21N3O. The number of hydrogen-bond acceptors (Lipinski definition) is 2. The number of nitrogens with zero attached hydrogens (tertiary/aromatic N) is 2. The van der Waals surface area contributed by atoms with E-state index in [2.05, 4.69) is 10.4 Å². The van der Waals surface area contributed by atoms with E-state index in [1.807, 2.05) is 75.4 Å². The van der Waals surface area contributed by atoms with Crippen molar-refractivity contribution in [2.75, 3.05) is 0 Å². The van der Waals surface area contributed by atoms with Crippen molar-refractivity contribution >= 4 is 5.91 Å². The maximum absolute atomic E-state index is 12.6. The fourth-order valence-electron chi connectivity index (χ4n) is 2.75. The van der Waals surface area contributed by atoms with E-state index < -0.39 is 0 Å². The third-order valence-corrected chi connectivity index (χ3v) is 4.15. The molecule has 122 valence electrons. The third kappa shape index (κ3) is 3.23. The van der Waals surface area contributed by atoms with E-state index in [4.69, 9.17) is 0 Å². The second kappa shape index (κ2) is 6.71. The zero-order valence-corrected chi connectivity index (χ0v) is 14.2. The molecule has 3 aromatic rings. The SMILES string of the molecule is Cc1cccc(-n2ncc(C(=O)N[C@H](C)c3ccccc3)c2C)c1. The van der Waals surface area contributed by atoms with E-state index in [-0.39, 0.29) is 11.9 Å². The van der Waals surface area contributed by atoms with Crippen molar-refractivity contribution in [3.8, 4) is 5.69 Å². The van der Waals surface area contributed by atoms with Crippen LogP contribution in [-0.2, 0) is 0 Å². The van der Waals surface area contributed by atoms with Crippen molar-refractivity contribution in [2.45, 2.75) is 26.8 Å². The summed E-state index contributed by atoms with van der Waals surface area (Å²) in [5.41, 5.74) is 4.63. The van der Waals surface area contributed by atoms with Gasteiger partial charge in [0.1, 0.15) is 0 Å². The summed E-state index contributed by atoms with van der Waals surface area (Å²) in [6, 6.07) is 17.9. The van der Waals surface area contributed by atoms with Crippen LogP contribution in [0.2, 0.25) is 0 Å². The molecule has 0 saturated heterocycles. The highest BCUT2D eigenvalue weighted by molar-refractivity contribution is 5.95. The van der Waals surface area contributed by atoms with Crippen LogP contribution in [0.3, 0.4) is 0 Å². The number of hydrogen-bond donors (Lipinski definition) is 1. The maximum Gasteiger partial charge on any atom is 0.255 e. The summed E-state index contributed by atoms with van der Waals surface area (Å²) in [6.07, 6.45) is 1.63. The van der Waals surface area contributed by atoms with Gasteiger partial charge < -0.3 is 5.32 Å². The molecule has 0 aliphatic rings. The minimum absolute atomic E-state index is 0.0552. The number of aryl methyl sites for hydroxylation is 1. The average Bonchev–Trinajstić information content (AvgIpc) is 2.97. The minimum atomic E-state index is -0.109. The van der Waals surface area contributed by atoms with Gasteiger partial charge in [-0.2, -0.15) is 5.10 Å². The summed E-state index contributed by atoms with van der Waals surface area (Å²) in [6.45, 7) is 5.93. The Balaban J connectivity index is 1.82. The largest absolute Gasteiger partial charge is 0.345 e. The normalized spacial score (nSPS) is 12.0. The summed E-state index contributed by atoms with van der Waals surface area (Å²) in [5.74, 6) is -0.109. The Hall–Kier alpha value is -2.88. The Morgan fingerprint density at radius 1 is 1.08 bits per heavy atom. The molecule has 1 amide bonds. The van der Waals surface area contributed by atoms with Crippen LogP contribution < -0.4 is 5.32 Å². The van der Waals surface area contributed by atoms with E-state index in [1.54, 1.807) is 10.9 Å². The Morgan fingerprint density at radius 3 is 2.54 bits per heavy atom. The van der Waals surface area contributed by atoms with Gasteiger partial charge in [0.05, 0.1) is 29.2 Å². The lowest BCUT2D eigenvalue weighted by molar-refractivity contribution is 0.0939. The van der Waals surface area contributed by atoms with Crippen LogP contribution in [0.5, 0.6) is 0 Å². The van der Waals surface area contributed by atoms with E-state index in [0.717, 1.165) is 22.5 Å². The standard InChI is InChI=1S/C20H21N3O/c1-14-8-7-11-18(12-14)23-16(3)19(13-21-23)20(24)22-15(2)17-9-5-4-6-10-17/h4-13,15H,1-3H3,(H,22,24)/t15-/m1/s1. The second-order valence-electron chi connectivity index (χ2n) is 6.00. The first kappa shape index (κ1) is 16.0. The van der Waals surface area contributed by atoms with Crippen molar-refractivity contribution in [3.05, 3.63) is 83.2 Å². The Labute approximate surface area is 142 Å². The Bertz CT molecular complexity index is 852. The number of aromatic nitrogens is 2. The summed E-state index contributed by atoms with van der Waals surface area (Å²) in [4.78, 5) is 12.6. The van der Waals surface area contributed by atoms with E-state index >= 15 is 0 Å². The molecule has 0 fully saturated rings. The molecule has 0 aliphatic carbocycles. The lowest BCUT2D eigenvalue weighted by Crippen LogP contribution is -2.27. The number of carbonyl (C=O) groups is 1. The van der Waals surface area contributed by atoms with Crippen LogP contribution in [-0.4, -0.2) is 15.7 Å². The Morgan fingerprint density at radius 2 is 1.83 bits per heavy atom. The maximum atomic E-state index is 12.6. The van der Waals surface area contributed by atoms with Crippen LogP contribution in [0.4, 0.5) is 0 Å². The summed E-state index contributed by atoms with van der Waals surface area (Å²) < 4.78 is 1.80. The van der Waals surface area contributed by atoms with E-state index in [9.17, 15) is 4.79 Å². The number of amides is 1. The highest BCUT2D eigenvalue weighted by atomic mass is 16.1. The molecule has 1 aromatic heterocycles. The monoisotopic (exact) mass is 319 g/mol. The molecule has 1 heterocycles. The number of benzene rings is 2. The molecule has 3 rings (SSSR count). The quantitative estimate of drug-likeness (QED) is 0.790. The first-order valence-electron chi connectivity index (χ1n) is 8.03. The predicted molar refractivity (Wildman–Crippen MR) is 95.4 cm³/mol. The first-order valence-corrected chi connectivity index (χ1v) is 8.03. The van der Waals surface area contributed by atoms with Crippen molar-refractivity contribution in [1.29, 1.82) is 0 Å². The van der Waals surface area contributed by atoms with Gasteiger partial charge in [-0.05, 0) is 44.0 Å². The lowest BCUT2D eigenvalue weighted by atomic mass is 10.1. The molecule has 1 atom stereocenters. The first-order chi connectivity index (χ1) is 11.6. The molecule has 1 N–H and O–H groups in total. The van der Waals surface area contributed by atoms with Gasteiger partial charge in [-0.25, -0.2) is 4.68 Å². The van der Waals surface area contributed by atoms with Crippen LogP contribution in [0.25, 0.3) is 5.69 Å². The van der Waals surface area contributed by atoms with Gasteiger partial charge in [0.25, 0.3) is 5.91 Å². The van der Waals surface area contributed by atoms with E-state index in [0.29, 0.717) is 5.56 Å². The molecular weight excluding hydrogens is 298 g/mol. The molecule has 0 radical (unpaired) electrons. The Kier molecular flexibility index (Phi) is 4.47. The zero-order valence-electron chi connectivity index (χ0n) is 14.2. The second-order valence-corrected chi connectivity index (χ2v) is 6.00. The average molecular weight is 319 g/mol. The van der Waals surface area contributed by atoms with Gasteiger partial charge in [-0.15, -0.1) is 0 Å². The zero-order chi connectivity index (χ0) is 17.1. The summed E-state index contributed by atoms with van der Waals surface area (Å²) in [5, 5.41) is 7.42. The van der Waals surface area contributed by atoms with Crippen LogP contribution in [0.15, 0.2) is 60.8 Å². The summed E-state index contributed by atoms with van der Waals surface area (Å²) in [7, 11) is 0. The van der Waals surface area contributed by atoms with Crippen molar-refractivity contribution in [1.82, 2.24) is 15.1 Å². The van der Waals surface area contributed by atoms with Gasteiger partial charge in [0, 0.05) is 0 Å². The molecule has 0 spiro atoms. The van der Waals surface area contributed by atoms with Crippen molar-refractivity contribution in [2.24, 2.45) is 0 Å². The molecule has 0 bridgehead atoms. The molecule has 24 heavy (non-hydrogen) atoms. The molecule has 0 saturated carbocycles. The van der Waals surface area contributed by atoms with Gasteiger partial charge >= 0.3 is 0 Å². The molecule has 0 unspecified atom stereocenters. The van der Waals surface area contributed by atoms with Crippen molar-refractivity contribution in [3.63, 3.8) is 0 Å². The number of carbonyl (C=O) groups excluding carboxylic acids is 1. The minimum Gasteiger partial charge on any atom is -0.345 e. The van der Waals surface area contributed by atoms with Crippen LogP contribution >= 0.6 is 0 Å². The van der Waals surface area contributed by atoms with E-state index in [1.165, 1.54) is 0 Å². The fourth-order valence-corrected chi connectivity index (χ4v) is 2.75. The lowest BCUT2D eigenvalue weighted by Gasteiger charge is -2.14. The molecule has 2 aromatic carbocycles. The van der Waals surface area contributed by atoms with Gasteiger partial charge in [0.15, 0.2) is 0 Å². The fraction of sp³-hybridized carbons (Fsp3) is 0.200. The van der Waals surface area contributed by atoms with Gasteiger partial charge in [-0.3, -0.25) is 4.79 Å². The molecule has 4 nitrogen and oxygen atoms in total. The smallest absolute Gasteiger partial charge is 0.255 e. The highest BCUT2D eigenvalue weighted by Gasteiger charge is 2.17. The molecule has 0 aliphatic heterocycles. The topological polar surface area (TPSA) is 46.9 Å². The highest BCUT2D eigenvalue weighted by Crippen LogP contribution is 2.17. The van der Waals surface area contributed by atoms with Crippen LogP contribution in [0.1, 0.15) is 40.1 Å². The van der Waals surface area contributed by atoms with Gasteiger partial charge in [0.2, 0.25) is 0 Å². The number of rotatable bonds is 4. The van der Waals surface area contributed by atoms with Gasteiger partial charge in [-0.1, -0.05) is 42.5 Å². The molecule has 4 heteroatoms.